The molecule has 3 N–H and O–H groups in total. The lowest BCUT2D eigenvalue weighted by Crippen LogP contribution is -2.43. The number of nitrogens with zero attached hydrogens (tertiary/aromatic N) is 1. The number of rotatable bonds is 5. The molecule has 6 heteroatoms. The van der Waals surface area contributed by atoms with Gasteiger partial charge < -0.3 is 10.7 Å². The van der Waals surface area contributed by atoms with E-state index in [2.05, 4.69) is 4.98 Å². The summed E-state index contributed by atoms with van der Waals surface area (Å²) < 4.78 is 26.7. The maximum absolute atomic E-state index is 12.5. The van der Waals surface area contributed by atoms with Crippen LogP contribution in [0.4, 0.5) is 0 Å². The van der Waals surface area contributed by atoms with E-state index in [0.717, 1.165) is 19.3 Å². The van der Waals surface area contributed by atoms with Crippen LogP contribution in [-0.2, 0) is 10.0 Å². The van der Waals surface area contributed by atoms with Crippen LogP contribution in [0, 0.1) is 5.92 Å². The Balaban J connectivity index is 2.29. The molecule has 1 aromatic rings. The Morgan fingerprint density at radius 3 is 2.83 bits per heavy atom. The number of aromatic nitrogens is 1. The second kappa shape index (κ2) is 5.42. The minimum Gasteiger partial charge on any atom is -0.366 e. The van der Waals surface area contributed by atoms with Gasteiger partial charge >= 0.3 is 0 Å². The number of H-pyrrole nitrogens is 1. The van der Waals surface area contributed by atoms with Crippen LogP contribution in [0.25, 0.3) is 0 Å². The van der Waals surface area contributed by atoms with Crippen molar-refractivity contribution in [2.24, 2.45) is 11.7 Å². The average molecular weight is 271 g/mol. The van der Waals surface area contributed by atoms with Gasteiger partial charge in [0.25, 0.3) is 0 Å². The van der Waals surface area contributed by atoms with Crippen molar-refractivity contribution in [1.82, 2.24) is 9.29 Å². The molecule has 0 aromatic carbocycles. The van der Waals surface area contributed by atoms with Crippen molar-refractivity contribution in [3.63, 3.8) is 0 Å². The predicted octanol–water partition coefficient (Wildman–Crippen LogP) is 1.15. The largest absolute Gasteiger partial charge is 0.366 e. The average Bonchev–Trinajstić information content (AvgIpc) is 3.00. The molecule has 0 bridgehead atoms. The third kappa shape index (κ3) is 2.32. The molecule has 0 amide bonds. The zero-order valence-electron chi connectivity index (χ0n) is 10.7. The fraction of sp³-hybridized carbons (Fsp3) is 0.667. The van der Waals surface area contributed by atoms with E-state index in [0.29, 0.717) is 23.9 Å². The Bertz CT molecular complexity index is 470. The third-order valence-electron chi connectivity index (χ3n) is 3.78. The van der Waals surface area contributed by atoms with Crippen LogP contribution in [0.1, 0.15) is 26.2 Å². The standard InChI is InChI=1S/C12H21N3O2S/c1-2-15(12-5-3-4-10(12)8-13)18(16,17)11-6-7-14-9-11/h6-7,9-10,12,14H,2-5,8,13H2,1H3. The van der Waals surface area contributed by atoms with Crippen LogP contribution in [0.15, 0.2) is 23.4 Å². The number of sulfonamides is 1. The van der Waals surface area contributed by atoms with Crippen LogP contribution in [-0.4, -0.2) is 36.8 Å². The highest BCUT2D eigenvalue weighted by molar-refractivity contribution is 7.89. The fourth-order valence-corrected chi connectivity index (χ4v) is 4.56. The molecule has 0 spiro atoms. The Morgan fingerprint density at radius 2 is 2.28 bits per heavy atom. The summed E-state index contributed by atoms with van der Waals surface area (Å²) in [5.41, 5.74) is 5.75. The summed E-state index contributed by atoms with van der Waals surface area (Å²) in [5, 5.41) is 0. The molecular formula is C12H21N3O2S. The van der Waals surface area contributed by atoms with Gasteiger partial charge in [0, 0.05) is 25.0 Å². The fourth-order valence-electron chi connectivity index (χ4n) is 2.86. The first-order valence-corrected chi connectivity index (χ1v) is 7.90. The molecule has 5 nitrogen and oxygen atoms in total. The summed E-state index contributed by atoms with van der Waals surface area (Å²) in [6.07, 6.45) is 6.17. The van der Waals surface area contributed by atoms with Crippen molar-refractivity contribution in [3.05, 3.63) is 18.5 Å². The van der Waals surface area contributed by atoms with Gasteiger partial charge in [0.05, 0.1) is 4.90 Å². The topological polar surface area (TPSA) is 79.2 Å². The summed E-state index contributed by atoms with van der Waals surface area (Å²) in [7, 11) is -3.39. The summed E-state index contributed by atoms with van der Waals surface area (Å²) >= 11 is 0. The van der Waals surface area contributed by atoms with Crippen LogP contribution >= 0.6 is 0 Å². The molecule has 0 aliphatic heterocycles. The Labute approximate surface area is 108 Å². The number of nitrogens with two attached hydrogens (primary N) is 1. The molecule has 1 fully saturated rings. The van der Waals surface area contributed by atoms with Crippen LogP contribution in [0.2, 0.25) is 0 Å². The van der Waals surface area contributed by atoms with Gasteiger partial charge in [0.15, 0.2) is 0 Å². The van der Waals surface area contributed by atoms with Crippen molar-refractivity contribution in [3.8, 4) is 0 Å². The van der Waals surface area contributed by atoms with E-state index in [9.17, 15) is 8.42 Å². The quantitative estimate of drug-likeness (QED) is 0.843. The van der Waals surface area contributed by atoms with E-state index in [-0.39, 0.29) is 6.04 Å². The lowest BCUT2D eigenvalue weighted by Gasteiger charge is -2.30. The van der Waals surface area contributed by atoms with Crippen molar-refractivity contribution in [2.75, 3.05) is 13.1 Å². The lowest BCUT2D eigenvalue weighted by molar-refractivity contribution is 0.276. The molecule has 2 atom stereocenters. The second-order valence-corrected chi connectivity index (χ2v) is 6.64. The van der Waals surface area contributed by atoms with Crippen molar-refractivity contribution < 1.29 is 8.42 Å². The molecule has 0 saturated heterocycles. The first kappa shape index (κ1) is 13.6. The Hall–Kier alpha value is -0.850. The maximum Gasteiger partial charge on any atom is 0.244 e. The molecule has 2 unspecified atom stereocenters. The molecule has 1 saturated carbocycles. The summed E-state index contributed by atoms with van der Waals surface area (Å²) in [4.78, 5) is 3.14. The van der Waals surface area contributed by atoms with Crippen LogP contribution in [0.5, 0.6) is 0 Å². The summed E-state index contributed by atoms with van der Waals surface area (Å²) in [6.45, 7) is 2.94. The molecule has 1 aromatic heterocycles. The first-order chi connectivity index (χ1) is 8.61. The minimum absolute atomic E-state index is 0.0555. The van der Waals surface area contributed by atoms with Crippen molar-refractivity contribution in [2.45, 2.75) is 37.1 Å². The molecule has 1 aliphatic rings. The Morgan fingerprint density at radius 1 is 1.50 bits per heavy atom. The molecule has 1 heterocycles. The van der Waals surface area contributed by atoms with E-state index >= 15 is 0 Å². The van der Waals surface area contributed by atoms with Crippen LogP contribution < -0.4 is 5.73 Å². The number of hydrogen-bond acceptors (Lipinski definition) is 3. The second-order valence-electron chi connectivity index (χ2n) is 4.75. The van der Waals surface area contributed by atoms with E-state index in [1.54, 1.807) is 16.6 Å². The zero-order valence-corrected chi connectivity index (χ0v) is 11.5. The first-order valence-electron chi connectivity index (χ1n) is 6.46. The SMILES string of the molecule is CCN(C1CCCC1CN)S(=O)(=O)c1cc[nH]c1. The number of nitrogens with one attached hydrogen (secondary N) is 1. The molecule has 102 valence electrons. The summed E-state index contributed by atoms with van der Waals surface area (Å²) in [5.74, 6) is 0.290. The monoisotopic (exact) mass is 271 g/mol. The van der Waals surface area contributed by atoms with Gasteiger partial charge in [0.1, 0.15) is 0 Å². The molecule has 1 aliphatic carbocycles. The third-order valence-corrected chi connectivity index (χ3v) is 5.78. The van der Waals surface area contributed by atoms with Gasteiger partial charge in [-0.15, -0.1) is 0 Å². The molecule has 2 rings (SSSR count). The van der Waals surface area contributed by atoms with E-state index in [1.165, 1.54) is 6.20 Å². The van der Waals surface area contributed by atoms with E-state index in [4.69, 9.17) is 5.73 Å². The van der Waals surface area contributed by atoms with Crippen LogP contribution in [0.3, 0.4) is 0 Å². The van der Waals surface area contributed by atoms with Crippen molar-refractivity contribution in [1.29, 1.82) is 0 Å². The van der Waals surface area contributed by atoms with Gasteiger partial charge in [-0.1, -0.05) is 13.3 Å². The van der Waals surface area contributed by atoms with Gasteiger partial charge in [-0.3, -0.25) is 0 Å². The van der Waals surface area contributed by atoms with Gasteiger partial charge in [-0.2, -0.15) is 4.31 Å². The van der Waals surface area contributed by atoms with E-state index in [1.807, 2.05) is 6.92 Å². The predicted molar refractivity (Wildman–Crippen MR) is 70.5 cm³/mol. The Kier molecular flexibility index (Phi) is 4.09. The summed E-state index contributed by atoms with van der Waals surface area (Å²) in [6, 6.07) is 1.66. The minimum atomic E-state index is -3.39. The lowest BCUT2D eigenvalue weighted by atomic mass is 10.0. The highest BCUT2D eigenvalue weighted by atomic mass is 32.2. The molecular weight excluding hydrogens is 250 g/mol. The van der Waals surface area contributed by atoms with Gasteiger partial charge in [0.2, 0.25) is 10.0 Å². The van der Waals surface area contributed by atoms with Gasteiger partial charge in [-0.25, -0.2) is 8.42 Å². The van der Waals surface area contributed by atoms with E-state index < -0.39 is 10.0 Å². The van der Waals surface area contributed by atoms with Gasteiger partial charge in [-0.05, 0) is 31.4 Å². The number of aromatic amines is 1. The van der Waals surface area contributed by atoms with Crippen molar-refractivity contribution >= 4 is 10.0 Å². The molecule has 0 radical (unpaired) electrons. The number of hydrogen-bond donors (Lipinski definition) is 2. The maximum atomic E-state index is 12.5. The molecule has 18 heavy (non-hydrogen) atoms. The smallest absolute Gasteiger partial charge is 0.244 e. The highest BCUT2D eigenvalue weighted by Crippen LogP contribution is 2.32. The highest BCUT2D eigenvalue weighted by Gasteiger charge is 2.37. The zero-order chi connectivity index (χ0) is 13.2. The normalized spacial score (nSPS) is 24.8.